The second-order valence-electron chi connectivity index (χ2n) is 12.5. The van der Waals surface area contributed by atoms with Gasteiger partial charge in [0, 0.05) is 6.42 Å². The van der Waals surface area contributed by atoms with E-state index in [1.165, 1.54) is 24.8 Å². The molecule has 4 aliphatic rings. The van der Waals surface area contributed by atoms with Gasteiger partial charge in [0.25, 0.3) is 5.92 Å². The number of alkyl halides is 2. The molecular formula is C29H46F2O2. The second-order valence-corrected chi connectivity index (χ2v) is 12.5. The molecule has 0 radical (unpaired) electrons. The molecule has 0 aromatic rings. The van der Waals surface area contributed by atoms with Gasteiger partial charge in [0.15, 0.2) is 0 Å². The van der Waals surface area contributed by atoms with E-state index in [-0.39, 0.29) is 42.1 Å². The highest BCUT2D eigenvalue weighted by atomic mass is 19.3. The molecule has 0 saturated heterocycles. The highest BCUT2D eigenvalue weighted by molar-refractivity contribution is 5.38. The SMILES string of the molecule is CCC(O)(CC)C(F)(F)CC[C@@H](C)[C@H]1CC[C@H]2C3=CC=C4C[C@@H](O)CC[C@]4(C)[C@H]3CC[C@]12C. The molecule has 188 valence electrons. The number of hydrogen-bond acceptors (Lipinski definition) is 2. The highest BCUT2D eigenvalue weighted by Gasteiger charge is 2.57. The minimum Gasteiger partial charge on any atom is -0.393 e. The van der Waals surface area contributed by atoms with E-state index in [0.29, 0.717) is 24.2 Å². The molecule has 2 nitrogen and oxygen atoms in total. The zero-order valence-corrected chi connectivity index (χ0v) is 21.5. The zero-order chi connectivity index (χ0) is 24.2. The Labute approximate surface area is 199 Å². The number of halogens is 2. The number of allylic oxidation sites excluding steroid dienone is 3. The predicted octanol–water partition coefficient (Wildman–Crippen LogP) is 7.45. The van der Waals surface area contributed by atoms with Crippen molar-refractivity contribution in [2.75, 3.05) is 0 Å². The van der Waals surface area contributed by atoms with Crippen LogP contribution in [0.4, 0.5) is 8.78 Å². The largest absolute Gasteiger partial charge is 0.393 e. The second kappa shape index (κ2) is 8.73. The lowest BCUT2D eigenvalue weighted by molar-refractivity contribution is -0.190. The smallest absolute Gasteiger partial charge is 0.276 e. The van der Waals surface area contributed by atoms with Crippen molar-refractivity contribution in [3.05, 3.63) is 23.3 Å². The molecule has 3 saturated carbocycles. The van der Waals surface area contributed by atoms with Gasteiger partial charge in [0.2, 0.25) is 0 Å². The van der Waals surface area contributed by atoms with Gasteiger partial charge in [-0.2, -0.15) is 0 Å². The summed E-state index contributed by atoms with van der Waals surface area (Å²) in [4.78, 5) is 0. The van der Waals surface area contributed by atoms with Gasteiger partial charge in [-0.3, -0.25) is 0 Å². The fourth-order valence-corrected chi connectivity index (χ4v) is 8.57. The van der Waals surface area contributed by atoms with Gasteiger partial charge in [0.05, 0.1) is 6.10 Å². The first-order valence-corrected chi connectivity index (χ1v) is 13.6. The van der Waals surface area contributed by atoms with Gasteiger partial charge in [-0.1, -0.05) is 57.9 Å². The van der Waals surface area contributed by atoms with Crippen LogP contribution in [0, 0.1) is 34.5 Å². The fraction of sp³-hybridized carbons (Fsp3) is 0.862. The minimum atomic E-state index is -3.03. The molecule has 3 fully saturated rings. The quantitative estimate of drug-likeness (QED) is 0.411. The van der Waals surface area contributed by atoms with E-state index < -0.39 is 11.5 Å². The van der Waals surface area contributed by atoms with E-state index in [2.05, 4.69) is 32.9 Å². The summed E-state index contributed by atoms with van der Waals surface area (Å²) in [6.07, 6.45) is 12.4. The summed E-state index contributed by atoms with van der Waals surface area (Å²) >= 11 is 0. The van der Waals surface area contributed by atoms with E-state index in [1.54, 1.807) is 19.4 Å². The van der Waals surface area contributed by atoms with Crippen LogP contribution in [0.1, 0.15) is 105 Å². The van der Waals surface area contributed by atoms with Crippen LogP contribution in [0.5, 0.6) is 0 Å². The highest BCUT2D eigenvalue weighted by Crippen LogP contribution is 2.66. The number of hydrogen-bond donors (Lipinski definition) is 2. The Balaban J connectivity index is 1.50. The van der Waals surface area contributed by atoms with Gasteiger partial charge >= 0.3 is 0 Å². The molecule has 0 spiro atoms. The molecule has 4 aliphatic carbocycles. The van der Waals surface area contributed by atoms with Crippen LogP contribution in [0.3, 0.4) is 0 Å². The Bertz CT molecular complexity index is 797. The third-order valence-electron chi connectivity index (χ3n) is 11.1. The minimum absolute atomic E-state index is 0.0922. The maximum Gasteiger partial charge on any atom is 0.276 e. The van der Waals surface area contributed by atoms with E-state index in [1.807, 2.05) is 0 Å². The van der Waals surface area contributed by atoms with Crippen LogP contribution in [-0.2, 0) is 0 Å². The standard InChI is InChI=1S/C29H46F2O2/c1-6-28(33,7-2)29(30,31)17-12-19(3)23-10-11-24-22-9-8-20-18-21(32)13-15-26(20,4)25(22)14-16-27(23,24)5/h8-9,19,21,23-25,32-33H,6-7,10-18H2,1-5H3/t19-,21+,23-,24+,25+,26+,27-/m1/s1. The molecule has 0 aromatic heterocycles. The summed E-state index contributed by atoms with van der Waals surface area (Å²) in [7, 11) is 0. The molecule has 0 bridgehead atoms. The Morgan fingerprint density at radius 3 is 2.39 bits per heavy atom. The van der Waals surface area contributed by atoms with Gasteiger partial charge in [0.1, 0.15) is 5.60 Å². The Hall–Kier alpha value is -0.740. The van der Waals surface area contributed by atoms with Crippen LogP contribution >= 0.6 is 0 Å². The Morgan fingerprint density at radius 1 is 1.03 bits per heavy atom. The van der Waals surface area contributed by atoms with Crippen molar-refractivity contribution in [2.24, 2.45) is 34.5 Å². The van der Waals surface area contributed by atoms with E-state index in [4.69, 9.17) is 0 Å². The monoisotopic (exact) mass is 464 g/mol. The van der Waals surface area contributed by atoms with E-state index in [9.17, 15) is 19.0 Å². The third-order valence-corrected chi connectivity index (χ3v) is 11.1. The Kier molecular flexibility index (Phi) is 6.71. The van der Waals surface area contributed by atoms with Crippen LogP contribution in [0.25, 0.3) is 0 Å². The number of aliphatic hydroxyl groups is 2. The van der Waals surface area contributed by atoms with Crippen LogP contribution in [-0.4, -0.2) is 27.8 Å². The molecule has 4 heteroatoms. The summed E-state index contributed by atoms with van der Waals surface area (Å²) < 4.78 is 29.8. The molecule has 0 aromatic carbocycles. The first-order valence-electron chi connectivity index (χ1n) is 13.6. The fourth-order valence-electron chi connectivity index (χ4n) is 8.57. The van der Waals surface area contributed by atoms with E-state index in [0.717, 1.165) is 25.7 Å². The molecule has 0 unspecified atom stereocenters. The summed E-state index contributed by atoms with van der Waals surface area (Å²) in [6, 6.07) is 0. The maximum atomic E-state index is 14.9. The molecule has 0 aliphatic heterocycles. The molecule has 33 heavy (non-hydrogen) atoms. The average Bonchev–Trinajstić information content (AvgIpc) is 3.14. The van der Waals surface area contributed by atoms with E-state index >= 15 is 0 Å². The number of fused-ring (bicyclic) bond motifs is 5. The first kappa shape index (κ1) is 25.4. The van der Waals surface area contributed by atoms with Gasteiger partial charge in [-0.05, 0) is 98.7 Å². The van der Waals surface area contributed by atoms with Gasteiger partial charge in [-0.15, -0.1) is 0 Å². The zero-order valence-electron chi connectivity index (χ0n) is 21.5. The molecule has 0 amide bonds. The summed E-state index contributed by atoms with van der Waals surface area (Å²) in [5.41, 5.74) is 1.52. The van der Waals surface area contributed by atoms with Crippen molar-refractivity contribution in [3.63, 3.8) is 0 Å². The van der Waals surface area contributed by atoms with Crippen molar-refractivity contribution in [1.82, 2.24) is 0 Å². The predicted molar refractivity (Wildman–Crippen MR) is 130 cm³/mol. The van der Waals surface area contributed by atoms with Crippen LogP contribution in [0.2, 0.25) is 0 Å². The van der Waals surface area contributed by atoms with Crippen LogP contribution < -0.4 is 0 Å². The van der Waals surface area contributed by atoms with Gasteiger partial charge in [-0.25, -0.2) is 8.78 Å². The number of rotatable bonds is 7. The number of aliphatic hydroxyl groups excluding tert-OH is 1. The molecular weight excluding hydrogens is 418 g/mol. The van der Waals surface area contributed by atoms with Gasteiger partial charge < -0.3 is 10.2 Å². The topological polar surface area (TPSA) is 40.5 Å². The van der Waals surface area contributed by atoms with Crippen molar-refractivity contribution < 1.29 is 19.0 Å². The average molecular weight is 465 g/mol. The van der Waals surface area contributed by atoms with Crippen molar-refractivity contribution in [1.29, 1.82) is 0 Å². The molecule has 7 atom stereocenters. The first-order chi connectivity index (χ1) is 15.4. The lowest BCUT2D eigenvalue weighted by Crippen LogP contribution is -2.48. The van der Waals surface area contributed by atoms with Crippen molar-refractivity contribution in [2.45, 2.75) is 123 Å². The summed E-state index contributed by atoms with van der Waals surface area (Å²) in [5, 5.41) is 20.7. The molecule has 2 N–H and O–H groups in total. The Morgan fingerprint density at radius 2 is 1.73 bits per heavy atom. The summed E-state index contributed by atoms with van der Waals surface area (Å²) in [6.45, 7) is 10.3. The summed E-state index contributed by atoms with van der Waals surface area (Å²) in [5.74, 6) is -1.22. The lowest BCUT2D eigenvalue weighted by atomic mass is 9.50. The normalized spacial score (nSPS) is 39.8. The third kappa shape index (κ3) is 3.96. The molecule has 0 heterocycles. The molecule has 4 rings (SSSR count). The van der Waals surface area contributed by atoms with Crippen LogP contribution in [0.15, 0.2) is 23.3 Å². The maximum absolute atomic E-state index is 14.9. The lowest BCUT2D eigenvalue weighted by Gasteiger charge is -2.55. The van der Waals surface area contributed by atoms with Crippen molar-refractivity contribution in [3.8, 4) is 0 Å². The van der Waals surface area contributed by atoms with Crippen molar-refractivity contribution >= 4 is 0 Å².